The highest BCUT2D eigenvalue weighted by molar-refractivity contribution is 5.97. The van der Waals surface area contributed by atoms with Gasteiger partial charge in [0.1, 0.15) is 0 Å². The Labute approximate surface area is 119 Å². The maximum Gasteiger partial charge on any atom is 0.252 e. The zero-order valence-electron chi connectivity index (χ0n) is 12.0. The lowest BCUT2D eigenvalue weighted by Gasteiger charge is -2.32. The first kappa shape index (κ1) is 14.7. The molecule has 1 heterocycles. The number of nitrogens with zero attached hydrogens (tertiary/aromatic N) is 1. The lowest BCUT2D eigenvalue weighted by Crippen LogP contribution is -2.37. The van der Waals surface area contributed by atoms with Crippen LogP contribution in [0.15, 0.2) is 18.2 Å². The molecule has 0 aliphatic carbocycles. The molecular weight excluding hydrogens is 254 g/mol. The number of ether oxygens (including phenoxy) is 1. The first-order valence-corrected chi connectivity index (χ1v) is 7.11. The number of likely N-dealkylation sites (tertiary alicyclic amines) is 1. The second-order valence-electron chi connectivity index (χ2n) is 5.36. The van der Waals surface area contributed by atoms with Gasteiger partial charge in [-0.25, -0.2) is 0 Å². The van der Waals surface area contributed by atoms with Crippen LogP contribution in [0.1, 0.15) is 36.0 Å². The van der Waals surface area contributed by atoms with Gasteiger partial charge >= 0.3 is 0 Å². The number of nitrogens with two attached hydrogens (primary N) is 2. The fraction of sp³-hybridized carbons (Fsp3) is 0.533. The summed E-state index contributed by atoms with van der Waals surface area (Å²) in [5, 5.41) is 0. The number of carbonyl (C=O) groups excluding carboxylic acids is 1. The third-order valence-corrected chi connectivity index (χ3v) is 3.93. The number of amides is 1. The number of anilines is 1. The van der Waals surface area contributed by atoms with Gasteiger partial charge in [0.25, 0.3) is 5.91 Å². The van der Waals surface area contributed by atoms with Crippen LogP contribution in [0.25, 0.3) is 0 Å². The summed E-state index contributed by atoms with van der Waals surface area (Å²) in [6, 6.07) is 5.61. The van der Waals surface area contributed by atoms with E-state index < -0.39 is 5.91 Å². The monoisotopic (exact) mass is 277 g/mol. The average Bonchev–Trinajstić information content (AvgIpc) is 2.42. The summed E-state index contributed by atoms with van der Waals surface area (Å²) < 4.78 is 5.73. The van der Waals surface area contributed by atoms with E-state index in [9.17, 15) is 4.79 Å². The molecule has 1 aliphatic rings. The van der Waals surface area contributed by atoms with E-state index in [1.54, 1.807) is 18.2 Å². The van der Waals surface area contributed by atoms with E-state index in [2.05, 4.69) is 11.9 Å². The molecule has 0 spiro atoms. The molecule has 1 saturated heterocycles. The standard InChI is InChI=1S/C15H23N3O2/c1-18-9-3-2-5-11(18)8-10-20-14-12(15(17)19)6-4-7-13(14)16/h4,6-7,11H,2-3,5,8-10,16H2,1H3,(H2,17,19). The summed E-state index contributed by atoms with van der Waals surface area (Å²) in [5.74, 6) is -0.0967. The predicted octanol–water partition coefficient (Wildman–Crippen LogP) is 1.62. The molecular formula is C15H23N3O2. The van der Waals surface area contributed by atoms with Gasteiger partial charge in [0, 0.05) is 6.04 Å². The molecule has 1 aliphatic heterocycles. The molecule has 0 aromatic heterocycles. The zero-order valence-corrected chi connectivity index (χ0v) is 12.0. The SMILES string of the molecule is CN1CCCCC1CCOc1c(N)cccc1C(N)=O. The molecule has 0 radical (unpaired) electrons. The molecule has 1 unspecified atom stereocenters. The average molecular weight is 277 g/mol. The normalized spacial score (nSPS) is 19.8. The Morgan fingerprint density at radius 3 is 2.95 bits per heavy atom. The number of rotatable bonds is 5. The molecule has 4 N–H and O–H groups in total. The molecule has 5 nitrogen and oxygen atoms in total. The van der Waals surface area contributed by atoms with Crippen LogP contribution in [-0.2, 0) is 0 Å². The van der Waals surface area contributed by atoms with Crippen LogP contribution >= 0.6 is 0 Å². The summed E-state index contributed by atoms with van der Waals surface area (Å²) in [5.41, 5.74) is 12.0. The minimum Gasteiger partial charge on any atom is -0.491 e. The van der Waals surface area contributed by atoms with Crippen LogP contribution in [0.4, 0.5) is 5.69 Å². The van der Waals surface area contributed by atoms with Crippen LogP contribution in [0.5, 0.6) is 5.75 Å². The van der Waals surface area contributed by atoms with Crippen molar-refractivity contribution in [3.63, 3.8) is 0 Å². The highest BCUT2D eigenvalue weighted by Crippen LogP contribution is 2.27. The first-order valence-electron chi connectivity index (χ1n) is 7.11. The number of primary amides is 1. The van der Waals surface area contributed by atoms with Gasteiger partial charge in [-0.05, 0) is 45.0 Å². The van der Waals surface area contributed by atoms with Crippen molar-refractivity contribution in [2.45, 2.75) is 31.7 Å². The third kappa shape index (κ3) is 3.42. The lowest BCUT2D eigenvalue weighted by atomic mass is 10.0. The maximum absolute atomic E-state index is 11.4. The second-order valence-corrected chi connectivity index (χ2v) is 5.36. The van der Waals surface area contributed by atoms with Gasteiger partial charge in [0.05, 0.1) is 17.9 Å². The number of para-hydroxylation sites is 1. The smallest absolute Gasteiger partial charge is 0.252 e. The minimum atomic E-state index is -0.512. The fourth-order valence-corrected chi connectivity index (χ4v) is 2.72. The fourth-order valence-electron chi connectivity index (χ4n) is 2.72. The number of hydrogen-bond donors (Lipinski definition) is 2. The Balaban J connectivity index is 1.95. The Hall–Kier alpha value is -1.75. The maximum atomic E-state index is 11.4. The van der Waals surface area contributed by atoms with Gasteiger partial charge in [0.15, 0.2) is 5.75 Å². The lowest BCUT2D eigenvalue weighted by molar-refractivity contribution is 0.0995. The molecule has 1 aromatic rings. The van der Waals surface area contributed by atoms with Gasteiger partial charge < -0.3 is 21.1 Å². The van der Waals surface area contributed by atoms with Crippen LogP contribution < -0.4 is 16.2 Å². The van der Waals surface area contributed by atoms with E-state index >= 15 is 0 Å². The van der Waals surface area contributed by atoms with Gasteiger partial charge in [-0.2, -0.15) is 0 Å². The summed E-state index contributed by atoms with van der Waals surface area (Å²) in [7, 11) is 2.15. The van der Waals surface area contributed by atoms with E-state index in [1.807, 2.05) is 0 Å². The summed E-state index contributed by atoms with van der Waals surface area (Å²) in [6.07, 6.45) is 4.68. The van der Waals surface area contributed by atoms with Crippen molar-refractivity contribution in [3.05, 3.63) is 23.8 Å². The van der Waals surface area contributed by atoms with Gasteiger partial charge in [-0.15, -0.1) is 0 Å². The van der Waals surface area contributed by atoms with E-state index in [0.29, 0.717) is 29.6 Å². The number of nitrogen functional groups attached to an aromatic ring is 1. The Bertz CT molecular complexity index is 476. The molecule has 0 bridgehead atoms. The number of carbonyl (C=O) groups is 1. The van der Waals surface area contributed by atoms with Crippen LogP contribution in [0.3, 0.4) is 0 Å². The van der Waals surface area contributed by atoms with Gasteiger partial charge in [-0.3, -0.25) is 4.79 Å². The molecule has 1 amide bonds. The van der Waals surface area contributed by atoms with Crippen molar-refractivity contribution in [1.82, 2.24) is 4.90 Å². The quantitative estimate of drug-likeness (QED) is 0.801. The Morgan fingerprint density at radius 2 is 2.25 bits per heavy atom. The number of piperidine rings is 1. The third-order valence-electron chi connectivity index (χ3n) is 3.93. The number of hydrogen-bond acceptors (Lipinski definition) is 4. The highest BCUT2D eigenvalue weighted by atomic mass is 16.5. The van der Waals surface area contributed by atoms with Crippen molar-refractivity contribution in [2.24, 2.45) is 5.73 Å². The van der Waals surface area contributed by atoms with Crippen molar-refractivity contribution in [3.8, 4) is 5.75 Å². The first-order chi connectivity index (χ1) is 9.59. The van der Waals surface area contributed by atoms with E-state index in [-0.39, 0.29) is 0 Å². The molecule has 1 atom stereocenters. The Kier molecular flexibility index (Phi) is 4.84. The van der Waals surface area contributed by atoms with E-state index in [1.165, 1.54) is 19.3 Å². The summed E-state index contributed by atoms with van der Waals surface area (Å²) in [4.78, 5) is 13.7. The summed E-state index contributed by atoms with van der Waals surface area (Å²) >= 11 is 0. The van der Waals surface area contributed by atoms with Gasteiger partial charge in [0.2, 0.25) is 0 Å². The minimum absolute atomic E-state index is 0.349. The van der Waals surface area contributed by atoms with Crippen molar-refractivity contribution >= 4 is 11.6 Å². The van der Waals surface area contributed by atoms with E-state index in [0.717, 1.165) is 13.0 Å². The molecule has 0 saturated carbocycles. The molecule has 5 heteroatoms. The molecule has 1 aromatic carbocycles. The topological polar surface area (TPSA) is 81.6 Å². The number of benzene rings is 1. The van der Waals surface area contributed by atoms with Crippen molar-refractivity contribution < 1.29 is 9.53 Å². The molecule has 20 heavy (non-hydrogen) atoms. The molecule has 1 fully saturated rings. The van der Waals surface area contributed by atoms with Crippen LogP contribution in [0, 0.1) is 0 Å². The van der Waals surface area contributed by atoms with E-state index in [4.69, 9.17) is 16.2 Å². The predicted molar refractivity (Wildman–Crippen MR) is 79.8 cm³/mol. The van der Waals surface area contributed by atoms with Gasteiger partial charge in [-0.1, -0.05) is 12.5 Å². The van der Waals surface area contributed by atoms with Crippen LogP contribution in [-0.4, -0.2) is 37.0 Å². The zero-order chi connectivity index (χ0) is 14.5. The molecule has 2 rings (SSSR count). The summed E-state index contributed by atoms with van der Waals surface area (Å²) in [6.45, 7) is 1.69. The van der Waals surface area contributed by atoms with Crippen molar-refractivity contribution in [1.29, 1.82) is 0 Å². The second kappa shape index (κ2) is 6.61. The highest BCUT2D eigenvalue weighted by Gasteiger charge is 2.19. The molecule has 110 valence electrons. The van der Waals surface area contributed by atoms with Crippen molar-refractivity contribution in [2.75, 3.05) is 25.9 Å². The Morgan fingerprint density at radius 1 is 1.45 bits per heavy atom. The van der Waals surface area contributed by atoms with Crippen LogP contribution in [0.2, 0.25) is 0 Å². The largest absolute Gasteiger partial charge is 0.491 e.